The molecule has 4 nitrogen and oxygen atoms in total. The third-order valence-electron chi connectivity index (χ3n) is 1.89. The molecule has 1 rings (SSSR count). The van der Waals surface area contributed by atoms with Crippen molar-refractivity contribution in [3.63, 3.8) is 0 Å². The first-order valence-electron chi connectivity index (χ1n) is 4.74. The topological polar surface area (TPSA) is 70.4 Å². The van der Waals surface area contributed by atoms with Crippen molar-refractivity contribution in [3.8, 4) is 0 Å². The van der Waals surface area contributed by atoms with E-state index in [4.69, 9.17) is 0 Å². The number of halogens is 3. The maximum Gasteiger partial charge on any atom is 0.434 e. The molecule has 2 atom stereocenters. The SMILES string of the molecule is CC(=O)SCC(O)C(O)c1nc(C(F)(F)F)cs1. The van der Waals surface area contributed by atoms with E-state index in [0.717, 1.165) is 17.1 Å². The highest BCUT2D eigenvalue weighted by Crippen LogP contribution is 2.32. The summed E-state index contributed by atoms with van der Waals surface area (Å²) in [7, 11) is 0. The monoisotopic (exact) mass is 301 g/mol. The molecule has 0 aromatic carbocycles. The number of carbonyl (C=O) groups is 1. The smallest absolute Gasteiger partial charge is 0.389 e. The molecule has 0 saturated carbocycles. The zero-order valence-electron chi connectivity index (χ0n) is 9.14. The molecule has 0 saturated heterocycles. The van der Waals surface area contributed by atoms with E-state index in [1.54, 1.807) is 0 Å². The normalized spacial score (nSPS) is 15.4. The van der Waals surface area contributed by atoms with Gasteiger partial charge in [0.2, 0.25) is 0 Å². The van der Waals surface area contributed by atoms with Crippen LogP contribution in [0.2, 0.25) is 0 Å². The molecule has 0 fully saturated rings. The van der Waals surface area contributed by atoms with Crippen molar-refractivity contribution in [1.82, 2.24) is 4.98 Å². The Hall–Kier alpha value is -0.640. The van der Waals surface area contributed by atoms with E-state index in [2.05, 4.69) is 4.98 Å². The summed E-state index contributed by atoms with van der Waals surface area (Å²) < 4.78 is 36.8. The van der Waals surface area contributed by atoms with Gasteiger partial charge in [-0.15, -0.1) is 11.3 Å². The summed E-state index contributed by atoms with van der Waals surface area (Å²) in [6, 6.07) is 0. The van der Waals surface area contributed by atoms with Gasteiger partial charge in [-0.1, -0.05) is 11.8 Å². The molecule has 9 heteroatoms. The van der Waals surface area contributed by atoms with Crippen molar-refractivity contribution >= 4 is 28.2 Å². The average molecular weight is 301 g/mol. The van der Waals surface area contributed by atoms with E-state index in [-0.39, 0.29) is 15.9 Å². The van der Waals surface area contributed by atoms with Gasteiger partial charge < -0.3 is 10.2 Å². The summed E-state index contributed by atoms with van der Waals surface area (Å²) in [5, 5.41) is 19.4. The molecule has 0 aliphatic carbocycles. The lowest BCUT2D eigenvalue weighted by Gasteiger charge is -2.14. The molecule has 0 spiro atoms. The van der Waals surface area contributed by atoms with Crippen molar-refractivity contribution in [2.24, 2.45) is 0 Å². The number of aliphatic hydroxyl groups excluding tert-OH is 2. The number of thiazole rings is 1. The molecule has 2 unspecified atom stereocenters. The fourth-order valence-electron chi connectivity index (χ4n) is 1.01. The summed E-state index contributed by atoms with van der Waals surface area (Å²) in [6.45, 7) is 1.29. The van der Waals surface area contributed by atoms with E-state index >= 15 is 0 Å². The minimum Gasteiger partial charge on any atom is -0.389 e. The Morgan fingerprint density at radius 2 is 2.17 bits per heavy atom. The van der Waals surface area contributed by atoms with Crippen LogP contribution in [0.5, 0.6) is 0 Å². The number of rotatable bonds is 4. The van der Waals surface area contributed by atoms with Gasteiger partial charge >= 0.3 is 6.18 Å². The first-order valence-corrected chi connectivity index (χ1v) is 6.60. The second kappa shape index (κ2) is 6.00. The van der Waals surface area contributed by atoms with Gasteiger partial charge in [0.05, 0.1) is 6.10 Å². The van der Waals surface area contributed by atoms with Crippen molar-refractivity contribution in [2.45, 2.75) is 25.3 Å². The van der Waals surface area contributed by atoms with Gasteiger partial charge in [-0.3, -0.25) is 4.79 Å². The van der Waals surface area contributed by atoms with E-state index in [1.807, 2.05) is 0 Å². The molecule has 0 aliphatic heterocycles. The van der Waals surface area contributed by atoms with Gasteiger partial charge in [-0.05, 0) is 0 Å². The quantitative estimate of drug-likeness (QED) is 0.888. The van der Waals surface area contributed by atoms with Gasteiger partial charge in [0.1, 0.15) is 11.1 Å². The number of thioether (sulfide) groups is 1. The van der Waals surface area contributed by atoms with Crippen molar-refractivity contribution in [1.29, 1.82) is 0 Å². The average Bonchev–Trinajstić information content (AvgIpc) is 2.73. The van der Waals surface area contributed by atoms with Crippen molar-refractivity contribution in [3.05, 3.63) is 16.1 Å². The molecule has 0 radical (unpaired) electrons. The predicted molar refractivity (Wildman–Crippen MR) is 61.2 cm³/mol. The van der Waals surface area contributed by atoms with E-state index in [9.17, 15) is 28.2 Å². The van der Waals surface area contributed by atoms with Crippen molar-refractivity contribution in [2.75, 3.05) is 5.75 Å². The van der Waals surface area contributed by atoms with Crippen LogP contribution >= 0.6 is 23.1 Å². The third-order valence-corrected chi connectivity index (χ3v) is 3.72. The Morgan fingerprint density at radius 3 is 2.61 bits per heavy atom. The predicted octanol–water partition coefficient (Wildman–Crippen LogP) is 1.84. The highest BCUT2D eigenvalue weighted by atomic mass is 32.2. The summed E-state index contributed by atoms with van der Waals surface area (Å²) in [4.78, 5) is 13.9. The Morgan fingerprint density at radius 1 is 1.56 bits per heavy atom. The number of hydrogen-bond donors (Lipinski definition) is 2. The van der Waals surface area contributed by atoms with Crippen LogP contribution in [0.4, 0.5) is 13.2 Å². The van der Waals surface area contributed by atoms with E-state index in [1.165, 1.54) is 6.92 Å². The van der Waals surface area contributed by atoms with Crippen LogP contribution < -0.4 is 0 Å². The lowest BCUT2D eigenvalue weighted by molar-refractivity contribution is -0.141. The minimum atomic E-state index is -4.58. The summed E-state index contributed by atoms with van der Waals surface area (Å²) >= 11 is 1.39. The summed E-state index contributed by atoms with van der Waals surface area (Å²) in [6.07, 6.45) is -7.45. The van der Waals surface area contributed by atoms with Crippen LogP contribution in [-0.2, 0) is 11.0 Å². The van der Waals surface area contributed by atoms with Crippen LogP contribution in [0.15, 0.2) is 5.38 Å². The number of nitrogens with zero attached hydrogens (tertiary/aromatic N) is 1. The number of alkyl halides is 3. The molecule has 1 aromatic heterocycles. The molecular formula is C9H10F3NO3S2. The van der Waals surface area contributed by atoms with Gasteiger partial charge in [0.15, 0.2) is 10.8 Å². The zero-order chi connectivity index (χ0) is 13.9. The Bertz CT molecular complexity index is 421. The first kappa shape index (κ1) is 15.4. The lowest BCUT2D eigenvalue weighted by atomic mass is 10.2. The fourth-order valence-corrected chi connectivity index (χ4v) is 2.47. The molecule has 1 aromatic rings. The third kappa shape index (κ3) is 4.23. The van der Waals surface area contributed by atoms with Gasteiger partial charge in [-0.25, -0.2) is 4.98 Å². The molecule has 0 amide bonds. The Balaban J connectivity index is 2.69. The molecule has 1 heterocycles. The second-order valence-electron chi connectivity index (χ2n) is 3.38. The Kier molecular flexibility index (Phi) is 5.14. The van der Waals surface area contributed by atoms with Gasteiger partial charge in [0.25, 0.3) is 0 Å². The highest BCUT2D eigenvalue weighted by Gasteiger charge is 2.35. The molecule has 0 aliphatic rings. The first-order chi connectivity index (χ1) is 8.21. The zero-order valence-corrected chi connectivity index (χ0v) is 10.8. The lowest BCUT2D eigenvalue weighted by Crippen LogP contribution is -2.21. The molecule has 102 valence electrons. The van der Waals surface area contributed by atoms with Crippen molar-refractivity contribution < 1.29 is 28.2 Å². The summed E-state index contributed by atoms with van der Waals surface area (Å²) in [5.41, 5.74) is -1.10. The van der Waals surface area contributed by atoms with Crippen LogP contribution in [0, 0.1) is 0 Å². The fraction of sp³-hybridized carbons (Fsp3) is 0.556. The van der Waals surface area contributed by atoms with E-state index in [0.29, 0.717) is 11.3 Å². The molecular weight excluding hydrogens is 291 g/mol. The van der Waals surface area contributed by atoms with Crippen LogP contribution in [0.25, 0.3) is 0 Å². The molecule has 18 heavy (non-hydrogen) atoms. The number of carbonyl (C=O) groups excluding carboxylic acids is 1. The minimum absolute atomic E-state index is 0.0998. The number of hydrogen-bond acceptors (Lipinski definition) is 6. The Labute approximate surface area is 109 Å². The highest BCUT2D eigenvalue weighted by molar-refractivity contribution is 8.13. The summed E-state index contributed by atoms with van der Waals surface area (Å²) in [5.74, 6) is -0.0998. The second-order valence-corrected chi connectivity index (χ2v) is 5.47. The largest absolute Gasteiger partial charge is 0.434 e. The standard InChI is InChI=1S/C9H10F3NO3S2/c1-4(14)17-2-5(15)7(16)8-13-6(3-18-8)9(10,11)12/h3,5,7,15-16H,2H2,1H3. The van der Waals surface area contributed by atoms with Crippen LogP contribution in [-0.4, -0.2) is 32.2 Å². The molecule has 0 bridgehead atoms. The maximum atomic E-state index is 12.3. The molecule has 2 N–H and O–H groups in total. The maximum absolute atomic E-state index is 12.3. The van der Waals surface area contributed by atoms with Gasteiger partial charge in [0, 0.05) is 18.1 Å². The van der Waals surface area contributed by atoms with Crippen LogP contribution in [0.3, 0.4) is 0 Å². The number of aromatic nitrogens is 1. The van der Waals surface area contributed by atoms with Crippen LogP contribution in [0.1, 0.15) is 23.7 Å². The van der Waals surface area contributed by atoms with E-state index < -0.39 is 24.1 Å². The van der Waals surface area contributed by atoms with Gasteiger partial charge in [-0.2, -0.15) is 13.2 Å². The number of aliphatic hydroxyl groups is 2.